The molecule has 1 aliphatic carbocycles. The predicted octanol–water partition coefficient (Wildman–Crippen LogP) is 3.02. The number of fused-ring (bicyclic) bond motifs is 2. The Morgan fingerprint density at radius 3 is 2.86 bits per heavy atom. The van der Waals surface area contributed by atoms with Crippen LogP contribution in [0.4, 0.5) is 10.7 Å². The van der Waals surface area contributed by atoms with Crippen molar-refractivity contribution in [3.63, 3.8) is 0 Å². The molecule has 2 amide bonds. The average molecular weight is 430 g/mol. The lowest BCUT2D eigenvalue weighted by atomic mass is 9.68. The molecule has 0 aromatic carbocycles. The second kappa shape index (κ2) is 7.18. The van der Waals surface area contributed by atoms with E-state index in [9.17, 15) is 9.59 Å². The Morgan fingerprint density at radius 1 is 1.28 bits per heavy atom. The molecule has 1 spiro atoms. The van der Waals surface area contributed by atoms with Gasteiger partial charge in [0.15, 0.2) is 0 Å². The number of imide groups is 1. The molecular formula is C20H20ClN5O2S. The molecule has 3 fully saturated rings. The van der Waals surface area contributed by atoms with Crippen LogP contribution in [0.5, 0.6) is 0 Å². The number of allylic oxidation sites excluding steroid dienone is 4. The molecule has 4 heterocycles. The Balaban J connectivity index is 1.30. The first-order valence-corrected chi connectivity index (χ1v) is 10.8. The first kappa shape index (κ1) is 18.7. The zero-order valence-electron chi connectivity index (χ0n) is 15.7. The summed E-state index contributed by atoms with van der Waals surface area (Å²) in [6.07, 6.45) is 10.5. The molecule has 1 unspecified atom stereocenters. The fourth-order valence-corrected chi connectivity index (χ4v) is 5.51. The number of anilines is 1. The quantitative estimate of drug-likeness (QED) is 0.698. The summed E-state index contributed by atoms with van der Waals surface area (Å²) in [7, 11) is 0. The van der Waals surface area contributed by atoms with Crippen molar-refractivity contribution >= 4 is 46.5 Å². The van der Waals surface area contributed by atoms with Crippen LogP contribution >= 0.6 is 23.4 Å². The van der Waals surface area contributed by atoms with Crippen molar-refractivity contribution < 1.29 is 9.59 Å². The van der Waals surface area contributed by atoms with Gasteiger partial charge in [-0.3, -0.25) is 14.9 Å². The van der Waals surface area contributed by atoms with E-state index in [2.05, 4.69) is 31.6 Å². The Morgan fingerprint density at radius 2 is 2.10 bits per heavy atom. The highest BCUT2D eigenvalue weighted by atomic mass is 35.5. The molecule has 3 aliphatic heterocycles. The van der Waals surface area contributed by atoms with Crippen LogP contribution in [0.15, 0.2) is 40.0 Å². The number of aromatic nitrogens is 2. The summed E-state index contributed by atoms with van der Waals surface area (Å²) in [6.45, 7) is 2.74. The van der Waals surface area contributed by atoms with Crippen LogP contribution in [0.1, 0.15) is 25.0 Å². The summed E-state index contributed by atoms with van der Waals surface area (Å²) in [6, 6.07) is 1.74. The molecule has 5 rings (SSSR count). The second-order valence-corrected chi connectivity index (χ2v) is 9.33. The van der Waals surface area contributed by atoms with E-state index in [-0.39, 0.29) is 16.6 Å². The summed E-state index contributed by atoms with van der Waals surface area (Å²) in [5, 5.41) is 6.42. The largest absolute Gasteiger partial charge is 0.388 e. The lowest BCUT2D eigenvalue weighted by molar-refractivity contribution is -0.115. The molecule has 7 nitrogen and oxygen atoms in total. The van der Waals surface area contributed by atoms with E-state index >= 15 is 0 Å². The number of nitrogens with zero attached hydrogens (tertiary/aromatic N) is 3. The Bertz CT molecular complexity index is 981. The standard InChI is InChI=1S/C20H20ClN5O2S/c21-12-1-2-15-14(9-12)20(11-23-15)4-7-26(8-5-20)18-22-6-3-13(24-18)10-16-17(27)25-19(28)29-16/h1-3,6,10,14,23H,4-5,7-9,11H2,(H,25,27,28)/b16-10-. The van der Waals surface area contributed by atoms with Crippen LogP contribution < -0.4 is 15.5 Å². The predicted molar refractivity (Wildman–Crippen MR) is 113 cm³/mol. The summed E-state index contributed by atoms with van der Waals surface area (Å²) in [5.74, 6) is 0.750. The summed E-state index contributed by atoms with van der Waals surface area (Å²) < 4.78 is 0. The number of carbonyl (C=O) groups excluding carboxylic acids is 2. The van der Waals surface area contributed by atoms with Crippen LogP contribution in [-0.4, -0.2) is 40.7 Å². The summed E-state index contributed by atoms with van der Waals surface area (Å²) >= 11 is 7.21. The SMILES string of the molecule is O=C1NC(=O)/C(=C/c2ccnc(N3CCC4(CC3)CNC3=CC=C(Cl)CC34)n2)S1. The molecule has 4 aliphatic rings. The molecule has 1 atom stereocenters. The third-order valence-corrected chi connectivity index (χ3v) is 7.32. The van der Waals surface area contributed by atoms with Gasteiger partial charge in [0.2, 0.25) is 5.95 Å². The normalized spacial score (nSPS) is 26.9. The van der Waals surface area contributed by atoms with Crippen molar-refractivity contribution in [2.24, 2.45) is 11.3 Å². The molecule has 3 saturated heterocycles. The molecule has 0 radical (unpaired) electrons. The number of hydrogen-bond donors (Lipinski definition) is 2. The van der Waals surface area contributed by atoms with E-state index in [1.54, 1.807) is 18.3 Å². The first-order chi connectivity index (χ1) is 14.0. The maximum Gasteiger partial charge on any atom is 0.290 e. The lowest BCUT2D eigenvalue weighted by Gasteiger charge is -2.42. The molecule has 2 N–H and O–H groups in total. The van der Waals surface area contributed by atoms with Gasteiger partial charge in [-0.15, -0.1) is 0 Å². The summed E-state index contributed by atoms with van der Waals surface area (Å²) in [4.78, 5) is 34.7. The minimum atomic E-state index is -0.377. The maximum atomic E-state index is 11.8. The van der Waals surface area contributed by atoms with Crippen LogP contribution in [0.3, 0.4) is 0 Å². The van der Waals surface area contributed by atoms with Gasteiger partial charge in [0, 0.05) is 42.5 Å². The monoisotopic (exact) mass is 429 g/mol. The van der Waals surface area contributed by atoms with E-state index in [1.807, 2.05) is 6.08 Å². The van der Waals surface area contributed by atoms with Gasteiger partial charge in [0.05, 0.1) is 10.6 Å². The second-order valence-electron chi connectivity index (χ2n) is 7.83. The van der Waals surface area contributed by atoms with E-state index in [4.69, 9.17) is 11.6 Å². The molecule has 0 bridgehead atoms. The van der Waals surface area contributed by atoms with E-state index in [0.29, 0.717) is 22.5 Å². The number of rotatable bonds is 2. The fraction of sp³-hybridized carbons (Fsp3) is 0.400. The minimum absolute atomic E-state index is 0.231. The first-order valence-electron chi connectivity index (χ1n) is 9.65. The molecule has 0 saturated carbocycles. The molecule has 1 aromatic rings. The van der Waals surface area contributed by atoms with Crippen molar-refractivity contribution in [1.82, 2.24) is 20.6 Å². The van der Waals surface area contributed by atoms with Crippen molar-refractivity contribution in [3.05, 3.63) is 45.7 Å². The van der Waals surface area contributed by atoms with Gasteiger partial charge >= 0.3 is 0 Å². The smallest absolute Gasteiger partial charge is 0.290 e. The Hall–Kier alpha value is -2.32. The third kappa shape index (κ3) is 3.44. The Kier molecular flexibility index (Phi) is 4.63. The van der Waals surface area contributed by atoms with Crippen molar-refractivity contribution in [3.8, 4) is 0 Å². The number of thioether (sulfide) groups is 1. The van der Waals surface area contributed by atoms with Crippen LogP contribution in [0.2, 0.25) is 0 Å². The van der Waals surface area contributed by atoms with Crippen LogP contribution in [0.25, 0.3) is 6.08 Å². The fourth-order valence-electron chi connectivity index (χ4n) is 4.63. The van der Waals surface area contributed by atoms with Crippen molar-refractivity contribution in [2.45, 2.75) is 19.3 Å². The maximum absolute atomic E-state index is 11.8. The highest BCUT2D eigenvalue weighted by Gasteiger charge is 2.48. The van der Waals surface area contributed by atoms with Crippen molar-refractivity contribution in [2.75, 3.05) is 24.5 Å². The highest BCUT2D eigenvalue weighted by molar-refractivity contribution is 8.18. The Labute approximate surface area is 177 Å². The summed E-state index contributed by atoms with van der Waals surface area (Å²) in [5.41, 5.74) is 2.17. The zero-order valence-corrected chi connectivity index (χ0v) is 17.2. The van der Waals surface area contributed by atoms with Gasteiger partial charge in [-0.25, -0.2) is 9.97 Å². The van der Waals surface area contributed by atoms with Gasteiger partial charge in [-0.05, 0) is 60.7 Å². The van der Waals surface area contributed by atoms with Gasteiger partial charge < -0.3 is 10.2 Å². The molecule has 29 heavy (non-hydrogen) atoms. The number of carbonyl (C=O) groups is 2. The van der Waals surface area contributed by atoms with Gasteiger partial charge in [-0.1, -0.05) is 11.6 Å². The number of piperidine rings is 1. The van der Waals surface area contributed by atoms with E-state index < -0.39 is 0 Å². The lowest BCUT2D eigenvalue weighted by Crippen LogP contribution is -2.44. The zero-order chi connectivity index (χ0) is 20.0. The molecule has 9 heteroatoms. The van der Waals surface area contributed by atoms with Gasteiger partial charge in [0.25, 0.3) is 11.1 Å². The van der Waals surface area contributed by atoms with Gasteiger partial charge in [-0.2, -0.15) is 0 Å². The molecule has 150 valence electrons. The molecule has 1 aromatic heterocycles. The van der Waals surface area contributed by atoms with Crippen LogP contribution in [-0.2, 0) is 4.79 Å². The van der Waals surface area contributed by atoms with Crippen molar-refractivity contribution in [1.29, 1.82) is 0 Å². The van der Waals surface area contributed by atoms with Gasteiger partial charge in [0.1, 0.15) is 0 Å². The third-order valence-electron chi connectivity index (χ3n) is 6.23. The minimum Gasteiger partial charge on any atom is -0.388 e. The topological polar surface area (TPSA) is 87.2 Å². The number of halogens is 1. The van der Waals surface area contributed by atoms with E-state index in [0.717, 1.165) is 55.7 Å². The number of hydrogen-bond acceptors (Lipinski definition) is 7. The number of nitrogens with one attached hydrogen (secondary N) is 2. The average Bonchev–Trinajstić information content (AvgIpc) is 3.22. The van der Waals surface area contributed by atoms with E-state index in [1.165, 1.54) is 5.70 Å². The number of amides is 2. The van der Waals surface area contributed by atoms with Crippen LogP contribution in [0, 0.1) is 11.3 Å². The molecular weight excluding hydrogens is 410 g/mol. The highest BCUT2D eigenvalue weighted by Crippen LogP contribution is 2.50.